The first-order chi connectivity index (χ1) is 16.9. The molecule has 9 heteroatoms. The van der Waals surface area contributed by atoms with Crippen molar-refractivity contribution in [1.82, 2.24) is 15.1 Å². The number of carbonyl (C=O) groups excluding carboxylic acids is 2. The standard InChI is InChI=1S/C26H23FN4O3S/c1-26(25(33)28-15-17-8-10-20(34-2)11-9-17)16-30-22(14-21(29-30)23-7-4-12-35-23)24(32)31(26)19-6-3-5-18(27)13-19/h3-14H,15-16H2,1-2H3,(H,28,33). The third-order valence-electron chi connectivity index (χ3n) is 6.09. The van der Waals surface area contributed by atoms with Gasteiger partial charge in [0.05, 0.1) is 18.5 Å². The Morgan fingerprint density at radius 1 is 1.17 bits per heavy atom. The Bertz CT molecular complexity index is 1380. The maximum absolute atomic E-state index is 14.2. The topological polar surface area (TPSA) is 76.5 Å². The second kappa shape index (κ2) is 8.99. The minimum absolute atomic E-state index is 0.115. The number of hydrogen-bond donors (Lipinski definition) is 1. The molecule has 1 aliphatic heterocycles. The van der Waals surface area contributed by atoms with Crippen LogP contribution in [0.3, 0.4) is 0 Å². The highest BCUT2D eigenvalue weighted by Gasteiger charge is 2.49. The van der Waals surface area contributed by atoms with Crippen molar-refractivity contribution in [2.45, 2.75) is 25.6 Å². The molecule has 2 aromatic heterocycles. The van der Waals surface area contributed by atoms with E-state index in [1.807, 2.05) is 41.8 Å². The fourth-order valence-corrected chi connectivity index (χ4v) is 4.94. The van der Waals surface area contributed by atoms with Gasteiger partial charge in [0.1, 0.15) is 28.5 Å². The lowest BCUT2D eigenvalue weighted by molar-refractivity contribution is -0.126. The summed E-state index contributed by atoms with van der Waals surface area (Å²) in [5.41, 5.74) is 0.844. The van der Waals surface area contributed by atoms with E-state index >= 15 is 0 Å². The zero-order chi connectivity index (χ0) is 24.6. The number of rotatable bonds is 6. The van der Waals surface area contributed by atoms with Crippen LogP contribution < -0.4 is 15.0 Å². The van der Waals surface area contributed by atoms with E-state index in [9.17, 15) is 14.0 Å². The van der Waals surface area contributed by atoms with Gasteiger partial charge < -0.3 is 10.1 Å². The van der Waals surface area contributed by atoms with E-state index in [2.05, 4.69) is 10.4 Å². The molecule has 3 heterocycles. The largest absolute Gasteiger partial charge is 0.497 e. The quantitative estimate of drug-likeness (QED) is 0.432. The van der Waals surface area contributed by atoms with E-state index < -0.39 is 17.3 Å². The number of aromatic nitrogens is 2. The van der Waals surface area contributed by atoms with Gasteiger partial charge in [0.15, 0.2) is 0 Å². The normalized spacial score (nSPS) is 17.2. The third-order valence-corrected chi connectivity index (χ3v) is 6.99. The molecular weight excluding hydrogens is 467 g/mol. The molecule has 1 aliphatic rings. The van der Waals surface area contributed by atoms with Gasteiger partial charge in [-0.15, -0.1) is 11.3 Å². The van der Waals surface area contributed by atoms with E-state index in [0.717, 1.165) is 16.2 Å². The Morgan fingerprint density at radius 3 is 2.66 bits per heavy atom. The Balaban J connectivity index is 1.50. The lowest BCUT2D eigenvalue weighted by atomic mass is 9.93. The first kappa shape index (κ1) is 22.8. The van der Waals surface area contributed by atoms with Crippen LogP contribution in [-0.4, -0.2) is 34.2 Å². The van der Waals surface area contributed by atoms with Crippen LogP contribution in [-0.2, 0) is 17.9 Å². The lowest BCUT2D eigenvalue weighted by Gasteiger charge is -2.43. The van der Waals surface area contributed by atoms with Crippen molar-refractivity contribution in [3.05, 3.63) is 89.2 Å². The predicted molar refractivity (Wildman–Crippen MR) is 132 cm³/mol. The SMILES string of the molecule is COc1ccc(CNC(=O)C2(C)Cn3nc(-c4cccs4)cc3C(=O)N2c2cccc(F)c2)cc1. The zero-order valence-electron chi connectivity index (χ0n) is 19.2. The van der Waals surface area contributed by atoms with E-state index in [1.165, 1.54) is 34.4 Å². The van der Waals surface area contributed by atoms with Crippen LogP contribution in [0.15, 0.2) is 72.1 Å². The number of fused-ring (bicyclic) bond motifs is 1. The molecule has 1 unspecified atom stereocenters. The average Bonchev–Trinajstić information content (AvgIpc) is 3.53. The van der Waals surface area contributed by atoms with Crippen LogP contribution in [0, 0.1) is 5.82 Å². The van der Waals surface area contributed by atoms with Gasteiger partial charge in [-0.2, -0.15) is 5.10 Å². The smallest absolute Gasteiger partial charge is 0.277 e. The fourth-order valence-electron chi connectivity index (χ4n) is 4.26. The number of amides is 2. The number of nitrogens with one attached hydrogen (secondary N) is 1. The minimum atomic E-state index is -1.34. The van der Waals surface area contributed by atoms with Gasteiger partial charge in [-0.05, 0) is 60.3 Å². The van der Waals surface area contributed by atoms with Crippen molar-refractivity contribution < 1.29 is 18.7 Å². The zero-order valence-corrected chi connectivity index (χ0v) is 20.0. The molecule has 0 fully saturated rings. The molecule has 0 aliphatic carbocycles. The molecule has 2 aromatic carbocycles. The summed E-state index contributed by atoms with van der Waals surface area (Å²) in [6.45, 7) is 2.05. The van der Waals surface area contributed by atoms with E-state index in [4.69, 9.17) is 4.74 Å². The fraction of sp³-hybridized carbons (Fsp3) is 0.192. The Hall–Kier alpha value is -3.98. The summed E-state index contributed by atoms with van der Waals surface area (Å²) >= 11 is 1.52. The third kappa shape index (κ3) is 4.19. The van der Waals surface area contributed by atoms with Crippen molar-refractivity contribution in [3.8, 4) is 16.3 Å². The Kier molecular flexibility index (Phi) is 5.86. The van der Waals surface area contributed by atoms with Crippen LogP contribution in [0.5, 0.6) is 5.75 Å². The van der Waals surface area contributed by atoms with Gasteiger partial charge in [0.2, 0.25) is 5.91 Å². The van der Waals surface area contributed by atoms with Crippen molar-refractivity contribution in [1.29, 1.82) is 0 Å². The summed E-state index contributed by atoms with van der Waals surface area (Å²) < 4.78 is 20.9. The van der Waals surface area contributed by atoms with Crippen molar-refractivity contribution in [2.75, 3.05) is 12.0 Å². The van der Waals surface area contributed by atoms with E-state index in [0.29, 0.717) is 17.1 Å². The first-order valence-corrected chi connectivity index (χ1v) is 11.9. The molecule has 0 radical (unpaired) electrons. The van der Waals surface area contributed by atoms with Crippen LogP contribution in [0.4, 0.5) is 10.1 Å². The maximum Gasteiger partial charge on any atom is 0.277 e. The van der Waals surface area contributed by atoms with Crippen LogP contribution in [0.25, 0.3) is 10.6 Å². The highest BCUT2D eigenvalue weighted by Crippen LogP contribution is 2.35. The summed E-state index contributed by atoms with van der Waals surface area (Å²) in [6.07, 6.45) is 0. The number of anilines is 1. The maximum atomic E-state index is 14.2. The minimum Gasteiger partial charge on any atom is -0.497 e. The van der Waals surface area contributed by atoms with Gasteiger partial charge in [0.25, 0.3) is 5.91 Å². The molecule has 0 saturated carbocycles. The van der Waals surface area contributed by atoms with Gasteiger partial charge in [0, 0.05) is 12.2 Å². The molecule has 0 saturated heterocycles. The van der Waals surface area contributed by atoms with E-state index in [1.54, 1.807) is 30.8 Å². The van der Waals surface area contributed by atoms with Crippen LogP contribution in [0.2, 0.25) is 0 Å². The number of methoxy groups -OCH3 is 1. The lowest BCUT2D eigenvalue weighted by Crippen LogP contribution is -2.64. The Labute approximate surface area is 205 Å². The number of halogens is 1. The molecule has 4 aromatic rings. The summed E-state index contributed by atoms with van der Waals surface area (Å²) in [5, 5.41) is 9.49. The molecule has 0 spiro atoms. The number of hydrogen-bond acceptors (Lipinski definition) is 5. The molecular formula is C26H23FN4O3S. The van der Waals surface area contributed by atoms with Gasteiger partial charge in [-0.25, -0.2) is 4.39 Å². The Morgan fingerprint density at radius 2 is 1.97 bits per heavy atom. The second-order valence-corrected chi connectivity index (χ2v) is 9.42. The number of carbonyl (C=O) groups is 2. The molecule has 0 bridgehead atoms. The van der Waals surface area contributed by atoms with Crippen LogP contribution in [0.1, 0.15) is 23.0 Å². The average molecular weight is 491 g/mol. The van der Waals surface area contributed by atoms with E-state index in [-0.39, 0.29) is 19.0 Å². The van der Waals surface area contributed by atoms with Crippen molar-refractivity contribution in [3.63, 3.8) is 0 Å². The van der Waals surface area contributed by atoms with Crippen molar-refractivity contribution in [2.24, 2.45) is 0 Å². The summed E-state index contributed by atoms with van der Waals surface area (Å²) in [7, 11) is 1.59. The second-order valence-electron chi connectivity index (χ2n) is 8.47. The molecule has 1 atom stereocenters. The number of benzene rings is 2. The molecule has 178 valence electrons. The summed E-state index contributed by atoms with van der Waals surface area (Å²) in [5.74, 6) is -0.561. The number of nitrogens with zero attached hydrogens (tertiary/aromatic N) is 3. The van der Waals surface area contributed by atoms with Gasteiger partial charge in [-0.1, -0.05) is 24.3 Å². The number of ether oxygens (including phenoxy) is 1. The molecule has 5 rings (SSSR count). The predicted octanol–water partition coefficient (Wildman–Crippen LogP) is 4.49. The highest BCUT2D eigenvalue weighted by atomic mass is 32.1. The molecule has 35 heavy (non-hydrogen) atoms. The monoisotopic (exact) mass is 490 g/mol. The molecule has 7 nitrogen and oxygen atoms in total. The highest BCUT2D eigenvalue weighted by molar-refractivity contribution is 7.13. The van der Waals surface area contributed by atoms with Crippen molar-refractivity contribution >= 4 is 28.8 Å². The first-order valence-electron chi connectivity index (χ1n) is 11.0. The van der Waals surface area contributed by atoms with Gasteiger partial charge >= 0.3 is 0 Å². The summed E-state index contributed by atoms with van der Waals surface area (Å²) in [6, 6.07) is 18.6. The molecule has 1 N–H and O–H groups in total. The van der Waals surface area contributed by atoms with Crippen LogP contribution >= 0.6 is 11.3 Å². The molecule has 2 amide bonds. The number of thiophene rings is 1. The van der Waals surface area contributed by atoms with Gasteiger partial charge in [-0.3, -0.25) is 19.2 Å². The summed E-state index contributed by atoms with van der Waals surface area (Å²) in [4.78, 5) is 29.6.